The number of unbranched alkanes of at least 4 members (excludes halogenated alkanes) is 4. The van der Waals surface area contributed by atoms with Gasteiger partial charge in [-0.2, -0.15) is 0 Å². The summed E-state index contributed by atoms with van der Waals surface area (Å²) in [6.07, 6.45) is 28.3. The Balaban J connectivity index is 1.54. The van der Waals surface area contributed by atoms with E-state index in [0.717, 1.165) is 37.2 Å². The van der Waals surface area contributed by atoms with Crippen molar-refractivity contribution >= 4 is 17.7 Å². The molecule has 0 bridgehead atoms. The van der Waals surface area contributed by atoms with Gasteiger partial charge in [0.25, 0.3) is 0 Å². The predicted octanol–water partition coefficient (Wildman–Crippen LogP) is 9.02. The minimum Gasteiger partial charge on any atom is -0.388 e. The molecule has 5 atom stereocenters. The lowest BCUT2D eigenvalue weighted by Gasteiger charge is -2.28. The number of allylic oxidation sites excluding steroid dienone is 6. The minimum absolute atomic E-state index is 0.0274. The van der Waals surface area contributed by atoms with E-state index in [1.165, 1.54) is 75.7 Å². The number of nitrogens with zero attached hydrogens (tertiary/aromatic N) is 1. The predicted molar refractivity (Wildman–Crippen MR) is 174 cm³/mol. The zero-order chi connectivity index (χ0) is 29.2. The van der Waals surface area contributed by atoms with E-state index in [-0.39, 0.29) is 18.1 Å². The molecule has 1 aliphatic heterocycles. The number of ether oxygens (including phenoxy) is 1. The van der Waals surface area contributed by atoms with Crippen molar-refractivity contribution in [1.29, 1.82) is 0 Å². The highest BCUT2D eigenvalue weighted by Crippen LogP contribution is 2.30. The summed E-state index contributed by atoms with van der Waals surface area (Å²) in [5.41, 5.74) is 2.33. The standard InChI is InChI=1S/C35H59NO3S/c1-28(31(4)36-24-17-25-40-36)18-12-8-6-9-13-19-29(2)34(37)27-35(38)30(3)20-14-10-7-11-15-21-32-22-16-23-33(26-32)39-5/h6,8-9,12,18,20,29,31-33,35,38H,7,10-11,13-17,19,21-27H2,1-5H3/b9-6+,12-8+,28-18+,30-20+/t29-,31?,32?,33?,35+/m1/s1. The van der Waals surface area contributed by atoms with Crippen LogP contribution in [0.25, 0.3) is 0 Å². The number of hydrogen-bond acceptors (Lipinski definition) is 5. The van der Waals surface area contributed by atoms with Crippen LogP contribution in [0.2, 0.25) is 0 Å². The van der Waals surface area contributed by atoms with Crippen molar-refractivity contribution in [3.63, 3.8) is 0 Å². The number of ketones is 1. The van der Waals surface area contributed by atoms with E-state index in [1.807, 2.05) is 32.9 Å². The maximum absolute atomic E-state index is 12.6. The first-order chi connectivity index (χ1) is 19.3. The van der Waals surface area contributed by atoms with Crippen LogP contribution in [0.15, 0.2) is 47.6 Å². The van der Waals surface area contributed by atoms with Crippen molar-refractivity contribution in [2.24, 2.45) is 11.8 Å². The summed E-state index contributed by atoms with van der Waals surface area (Å²) in [7, 11) is 1.85. The molecule has 1 saturated heterocycles. The highest BCUT2D eigenvalue weighted by molar-refractivity contribution is 7.97. The molecule has 1 saturated carbocycles. The van der Waals surface area contributed by atoms with Gasteiger partial charge in [0.05, 0.1) is 12.2 Å². The highest BCUT2D eigenvalue weighted by Gasteiger charge is 2.21. The summed E-state index contributed by atoms with van der Waals surface area (Å²) in [5.74, 6) is 2.23. The fourth-order valence-electron chi connectivity index (χ4n) is 5.76. The Kier molecular flexibility index (Phi) is 18.1. The summed E-state index contributed by atoms with van der Waals surface area (Å²) in [6.45, 7) is 9.62. The lowest BCUT2D eigenvalue weighted by molar-refractivity contribution is -0.124. The van der Waals surface area contributed by atoms with Crippen LogP contribution >= 0.6 is 11.9 Å². The fourth-order valence-corrected chi connectivity index (χ4v) is 6.90. The van der Waals surface area contributed by atoms with Crippen molar-refractivity contribution in [3.8, 4) is 0 Å². The van der Waals surface area contributed by atoms with Gasteiger partial charge in [0.2, 0.25) is 0 Å². The van der Waals surface area contributed by atoms with Gasteiger partial charge in [-0.15, -0.1) is 0 Å². The quantitative estimate of drug-likeness (QED) is 0.0723. The van der Waals surface area contributed by atoms with E-state index in [4.69, 9.17) is 4.74 Å². The third-order valence-corrected chi connectivity index (χ3v) is 10.2. The molecule has 0 radical (unpaired) electrons. The minimum atomic E-state index is -0.648. The molecule has 40 heavy (non-hydrogen) atoms. The van der Waals surface area contributed by atoms with Gasteiger partial charge in [-0.05, 0) is 77.2 Å². The largest absolute Gasteiger partial charge is 0.388 e. The average Bonchev–Trinajstić information content (AvgIpc) is 3.50. The van der Waals surface area contributed by atoms with E-state index in [9.17, 15) is 9.90 Å². The molecular weight excluding hydrogens is 514 g/mol. The van der Waals surface area contributed by atoms with Crippen LogP contribution in [-0.4, -0.2) is 52.9 Å². The second-order valence-corrected chi connectivity index (χ2v) is 13.4. The van der Waals surface area contributed by atoms with Gasteiger partial charge in [-0.1, -0.05) is 99.4 Å². The lowest BCUT2D eigenvalue weighted by Crippen LogP contribution is -2.24. The Morgan fingerprint density at radius 2 is 1.82 bits per heavy atom. The Morgan fingerprint density at radius 1 is 1.02 bits per heavy atom. The molecule has 3 unspecified atom stereocenters. The SMILES string of the molecule is COC1CCCC(CCCCCC/C=C(\C)[C@@H](O)CC(=O)[C@H](C)CC/C=C/C=C/C=C(\C)C(C)N2CCCS2)C1. The van der Waals surface area contributed by atoms with Gasteiger partial charge in [-0.3, -0.25) is 4.79 Å². The Labute approximate surface area is 250 Å². The van der Waals surface area contributed by atoms with Crippen LogP contribution in [0.1, 0.15) is 118 Å². The van der Waals surface area contributed by atoms with Crippen molar-refractivity contribution in [1.82, 2.24) is 4.31 Å². The van der Waals surface area contributed by atoms with Gasteiger partial charge in [0.15, 0.2) is 0 Å². The molecule has 2 aliphatic rings. The summed E-state index contributed by atoms with van der Waals surface area (Å²) in [5, 5.41) is 10.6. The second-order valence-electron chi connectivity index (χ2n) is 12.2. The molecule has 5 heteroatoms. The maximum atomic E-state index is 12.6. The Hall–Kier alpha value is -1.14. The van der Waals surface area contributed by atoms with Gasteiger partial charge >= 0.3 is 0 Å². The normalized spacial score (nSPS) is 23.8. The van der Waals surface area contributed by atoms with Crippen molar-refractivity contribution in [2.45, 2.75) is 136 Å². The van der Waals surface area contributed by atoms with E-state index >= 15 is 0 Å². The summed E-state index contributed by atoms with van der Waals surface area (Å²) >= 11 is 1.95. The molecule has 4 nitrogen and oxygen atoms in total. The van der Waals surface area contributed by atoms with Crippen molar-refractivity contribution in [3.05, 3.63) is 47.6 Å². The molecule has 2 fully saturated rings. The first kappa shape index (κ1) is 35.1. The average molecular weight is 574 g/mol. The molecule has 1 aliphatic carbocycles. The third kappa shape index (κ3) is 14.2. The van der Waals surface area contributed by atoms with Gasteiger partial charge in [-0.25, -0.2) is 4.31 Å². The van der Waals surface area contributed by atoms with Crippen LogP contribution in [0.3, 0.4) is 0 Å². The van der Waals surface area contributed by atoms with Crippen molar-refractivity contribution in [2.75, 3.05) is 19.4 Å². The van der Waals surface area contributed by atoms with Crippen LogP contribution in [0, 0.1) is 11.8 Å². The molecule has 0 spiro atoms. The van der Waals surface area contributed by atoms with E-state index in [0.29, 0.717) is 12.1 Å². The molecular formula is C35H59NO3S. The molecule has 0 aromatic carbocycles. The van der Waals surface area contributed by atoms with Gasteiger partial charge < -0.3 is 9.84 Å². The van der Waals surface area contributed by atoms with Crippen LogP contribution in [-0.2, 0) is 9.53 Å². The lowest BCUT2D eigenvalue weighted by atomic mass is 9.84. The topological polar surface area (TPSA) is 49.8 Å². The molecule has 0 amide bonds. The van der Waals surface area contributed by atoms with Gasteiger partial charge in [0, 0.05) is 37.8 Å². The number of carbonyl (C=O) groups is 1. The van der Waals surface area contributed by atoms with Crippen molar-refractivity contribution < 1.29 is 14.6 Å². The molecule has 1 N–H and O–H groups in total. The molecule has 0 aromatic heterocycles. The maximum Gasteiger partial charge on any atom is 0.138 e. The first-order valence-electron chi connectivity index (χ1n) is 16.1. The number of Topliss-reactive ketones (excluding diaryl/α,β-unsaturated/α-hetero) is 1. The smallest absolute Gasteiger partial charge is 0.138 e. The highest BCUT2D eigenvalue weighted by atomic mass is 32.2. The first-order valence-corrected chi connectivity index (χ1v) is 17.1. The number of aliphatic hydroxyl groups is 1. The number of carbonyl (C=O) groups excluding carboxylic acids is 1. The summed E-state index contributed by atoms with van der Waals surface area (Å²) in [6, 6.07) is 0.480. The van der Waals surface area contributed by atoms with Crippen LogP contribution < -0.4 is 0 Å². The van der Waals surface area contributed by atoms with E-state index in [2.05, 4.69) is 54.6 Å². The Bertz CT molecular complexity index is 826. The van der Waals surface area contributed by atoms with E-state index < -0.39 is 6.10 Å². The van der Waals surface area contributed by atoms with Gasteiger partial charge in [0.1, 0.15) is 5.78 Å². The third-order valence-electron chi connectivity index (χ3n) is 8.93. The van der Waals surface area contributed by atoms with Crippen LogP contribution in [0.4, 0.5) is 0 Å². The second kappa shape index (κ2) is 20.7. The number of methoxy groups -OCH3 is 1. The monoisotopic (exact) mass is 573 g/mol. The molecule has 0 aromatic rings. The Morgan fingerprint density at radius 3 is 2.58 bits per heavy atom. The van der Waals surface area contributed by atoms with E-state index in [1.54, 1.807) is 0 Å². The molecule has 228 valence electrons. The fraction of sp³-hybridized carbons (Fsp3) is 0.743. The zero-order valence-electron chi connectivity index (χ0n) is 26.3. The number of aliphatic hydroxyl groups excluding tert-OH is 1. The molecule has 1 heterocycles. The summed E-state index contributed by atoms with van der Waals surface area (Å²) in [4.78, 5) is 12.6. The zero-order valence-corrected chi connectivity index (χ0v) is 27.1. The summed E-state index contributed by atoms with van der Waals surface area (Å²) < 4.78 is 8.03. The number of rotatable bonds is 19. The number of hydrogen-bond donors (Lipinski definition) is 1. The van der Waals surface area contributed by atoms with Crippen LogP contribution in [0.5, 0.6) is 0 Å². The molecule has 2 rings (SSSR count).